The average Bonchev–Trinajstić information content (AvgIpc) is 1.58. The molecular formula is C69H85BN18O40P7-4. The largest absolute Gasteiger partial charge is 0.756 e. The first-order chi connectivity index (χ1) is 63.4. The van der Waals surface area contributed by atoms with Gasteiger partial charge in [-0.05, 0) is 39.0 Å². The fourth-order valence-corrected chi connectivity index (χ4v) is 23.5. The molecule has 3 saturated carbocycles. The van der Waals surface area contributed by atoms with Gasteiger partial charge in [0, 0.05) is 55.2 Å². The number of nitrogens with two attached hydrogens (primary N) is 3. The summed E-state index contributed by atoms with van der Waals surface area (Å²) in [5.74, 6) is -3.36. The minimum atomic E-state index is -5.70. The molecule has 3 aliphatic carbocycles. The number of nitrogen functional groups attached to an aromatic ring is 3. The molecular weight excluding hydrogens is 1950 g/mol. The number of phosphoric acid groups is 6. The van der Waals surface area contributed by atoms with Crippen molar-refractivity contribution in [2.75, 3.05) is 56.8 Å². The summed E-state index contributed by atoms with van der Waals surface area (Å²) >= 11 is 0. The van der Waals surface area contributed by atoms with Crippen molar-refractivity contribution < 1.29 is 204 Å². The molecule has 135 heavy (non-hydrogen) atoms. The molecule has 7 fully saturated rings. The molecule has 3 radical (unpaired) electrons. The Morgan fingerprint density at radius 3 is 1.06 bits per heavy atom. The first-order valence-corrected chi connectivity index (χ1v) is 50.5. The maximum Gasteiger partial charge on any atom is 0.274 e. The monoisotopic (exact) mass is 2030 g/mol. The number of aliphatic hydroxyl groups excluding tert-OH is 10. The highest BCUT2D eigenvalue weighted by atomic mass is 31.3. The normalized spacial score (nSPS) is 32.7. The Morgan fingerprint density at radius 1 is 0.422 bits per heavy atom. The van der Waals surface area contributed by atoms with Crippen molar-refractivity contribution in [3.8, 4) is 0 Å². The highest BCUT2D eigenvalue weighted by molar-refractivity contribution is 7.83. The Hall–Kier alpha value is -8.02. The number of imidazole rings is 3. The maximum atomic E-state index is 12.6. The molecule has 66 heteroatoms. The molecule has 9 aromatic rings. The van der Waals surface area contributed by atoms with E-state index >= 15 is 0 Å². The summed E-state index contributed by atoms with van der Waals surface area (Å²) in [6.07, 6.45) is -9.19. The lowest BCUT2D eigenvalue weighted by atomic mass is 10.1. The van der Waals surface area contributed by atoms with E-state index in [0.29, 0.717) is 16.7 Å². The Labute approximate surface area is 760 Å². The van der Waals surface area contributed by atoms with Crippen LogP contribution in [0.5, 0.6) is 0 Å². The first kappa shape index (κ1) is 103. The topological polar surface area (TPSA) is 861 Å². The SMILES string of the molecule is CC(=O)c1ccc[n+](C2CC(COP(=O)([O-])OP(=O)([O-])OCC3OC(n4cnc5c(N)ncnc54)C(O)C3O)C(O)C2O)c1.CC(=O)c1ccc[n+](C2CC(COP(=O)([O-])OP(=O)([O-])OCC3OC(n4cnc5c(N)ncnc54)C4OP(=O)([O-])OC34)C(O)C2O)c1.[B-]P(=O)(OCC1OC(n2cnc3c(N)ncnc32)C(O)C1O)OP(=O)([O-])OCC1CC([n+]2cccc(C(C)=O)c2)C(O)C1O. The van der Waals surface area contributed by atoms with Crippen LogP contribution in [-0.4, -0.2) is 266 Å². The highest BCUT2D eigenvalue weighted by Gasteiger charge is 2.57. The number of pyridine rings is 3. The van der Waals surface area contributed by atoms with E-state index in [-0.39, 0.29) is 87.6 Å². The number of phosphoric ester groups is 6. The van der Waals surface area contributed by atoms with Gasteiger partial charge in [-0.1, -0.05) is 0 Å². The van der Waals surface area contributed by atoms with Crippen LogP contribution in [-0.2, 0) is 95.3 Å². The van der Waals surface area contributed by atoms with E-state index in [2.05, 4.69) is 66.8 Å². The van der Waals surface area contributed by atoms with E-state index in [9.17, 15) is 127 Å². The minimum Gasteiger partial charge on any atom is -0.756 e. The standard InChI is InChI=1S/C23H29BN6O12P2.C23H29N6O15P3.C23H30N6O13P2/c1-11(31)12-3-2-4-29(6-12)14-5-13(17(32)18(14)33)7-40-44(37,38)42-43(24,36)39-8-15-19(34)20(35)23(41-15)30-10-28-16-21(25)26-9-27-22(16)30;1-11(30)12-3-2-4-28(6-12)14-5-13(17(31)18(14)32)7-39-45(33,34)44-46(35,36)40-8-15-19-20(43-47(37,38)42-19)23(41-15)29-10-27-16-21(24)25-9-26-22(16)29;1-11(30)12-3-2-4-28(6-12)14-5-13(17(31)18(14)32)7-39-43(35,36)42-44(37,38)40-8-15-19(33)20(34)23(41-15)29-10-27-16-21(24)25-9-26-22(16)29/h2-4,6,9-10,13-15,17-20,23,32-35H,5,7-8H2,1H3,(H2-,25,26,27,37,38);2-4,6,9-10,13-15,17-20,23,31-32H,5,7-8H2,1H3,(H4-,24,25,26,33,34,35,36,37,38);2-4,6,9-10,13-15,17-20,23,31-34H,5,7-8H2,1H3,(H3-,24,25,26,35,36,37,38)/q-1;;/p-3. The zero-order valence-corrected chi connectivity index (χ0v) is 76.2. The van der Waals surface area contributed by atoms with E-state index in [1.165, 1.54) is 87.5 Å². The maximum absolute atomic E-state index is 12.6. The lowest BCUT2D eigenvalue weighted by Crippen LogP contribution is -2.45. The first-order valence-electron chi connectivity index (χ1n) is 40.1. The van der Waals surface area contributed by atoms with Crippen molar-refractivity contribution in [3.05, 3.63) is 128 Å². The number of hydrogen-bond acceptors (Lipinski definition) is 52. The lowest BCUT2D eigenvalue weighted by molar-refractivity contribution is -0.729. The number of anilines is 3. The predicted octanol–water partition coefficient (Wildman–Crippen LogP) is -6.20. The van der Waals surface area contributed by atoms with Crippen molar-refractivity contribution in [1.29, 1.82) is 0 Å². The smallest absolute Gasteiger partial charge is 0.274 e. The van der Waals surface area contributed by atoms with Crippen LogP contribution >= 0.6 is 54.4 Å². The van der Waals surface area contributed by atoms with Gasteiger partial charge in [0.05, 0.1) is 101 Å². The van der Waals surface area contributed by atoms with Crippen molar-refractivity contribution in [2.24, 2.45) is 17.8 Å². The minimum absolute atomic E-state index is 0.000891. The van der Waals surface area contributed by atoms with Gasteiger partial charge in [-0.15, -0.1) is 0 Å². The molecule has 13 heterocycles. The van der Waals surface area contributed by atoms with Crippen LogP contribution < -0.4 is 60.3 Å². The molecule has 16 rings (SSSR count). The predicted molar refractivity (Wildman–Crippen MR) is 430 cm³/mol. The molecule has 0 amide bonds. The van der Waals surface area contributed by atoms with Crippen molar-refractivity contribution >= 4 is 130 Å². The van der Waals surface area contributed by atoms with Crippen molar-refractivity contribution in [2.45, 2.75) is 168 Å². The van der Waals surface area contributed by atoms with Gasteiger partial charge in [-0.25, -0.2) is 53.5 Å². The number of nitrogens with zero attached hydrogens (tertiary/aromatic N) is 15. The second-order valence-corrected chi connectivity index (χ2v) is 42.1. The summed E-state index contributed by atoms with van der Waals surface area (Å²) in [6, 6.07) is 7.27. The molecule has 4 aliphatic heterocycles. The van der Waals surface area contributed by atoms with Gasteiger partial charge in [-0.3, -0.25) is 59.8 Å². The Bertz CT molecular complexity index is 6010. The number of carbonyl (C=O) groups is 3. The van der Waals surface area contributed by atoms with Gasteiger partial charge in [-0.2, -0.15) is 13.7 Å². The number of rotatable bonds is 33. The van der Waals surface area contributed by atoms with Gasteiger partial charge < -0.3 is 160 Å². The van der Waals surface area contributed by atoms with Crippen LogP contribution in [0.4, 0.5) is 17.5 Å². The van der Waals surface area contributed by atoms with Gasteiger partial charge in [0.2, 0.25) is 0 Å². The van der Waals surface area contributed by atoms with Crippen molar-refractivity contribution in [3.63, 3.8) is 0 Å². The van der Waals surface area contributed by atoms with Crippen LogP contribution in [0.25, 0.3) is 33.5 Å². The quantitative estimate of drug-likeness (QED) is 0.00788. The van der Waals surface area contributed by atoms with Gasteiger partial charge in [0.1, 0.15) is 109 Å². The third-order valence-electron chi connectivity index (χ3n) is 22.8. The van der Waals surface area contributed by atoms with E-state index in [0.717, 1.165) is 12.7 Å². The number of ether oxygens (including phenoxy) is 3. The Morgan fingerprint density at radius 2 is 0.719 bits per heavy atom. The average molecular weight is 2030 g/mol. The molecule has 733 valence electrons. The van der Waals surface area contributed by atoms with Crippen LogP contribution in [0, 0.1) is 17.8 Å². The Kier molecular flexibility index (Phi) is 31.3. The van der Waals surface area contributed by atoms with Crippen LogP contribution in [0.2, 0.25) is 0 Å². The number of carbonyl (C=O) groups excluding carboxylic acids is 3. The molecule has 0 aromatic carbocycles. The zero-order chi connectivity index (χ0) is 97.8. The van der Waals surface area contributed by atoms with Gasteiger partial charge >= 0.3 is 0 Å². The zero-order valence-electron chi connectivity index (χ0n) is 70.0. The highest BCUT2D eigenvalue weighted by Crippen LogP contribution is 2.62. The van der Waals surface area contributed by atoms with E-state index in [4.69, 9.17) is 66.1 Å². The summed E-state index contributed by atoms with van der Waals surface area (Å²) in [6.45, 7) is -0.773. The van der Waals surface area contributed by atoms with E-state index in [1.807, 2.05) is 0 Å². The molecule has 4 saturated heterocycles. The second-order valence-electron chi connectivity index (χ2n) is 31.7. The number of aliphatic hydroxyl groups is 10. The van der Waals surface area contributed by atoms with E-state index in [1.54, 1.807) is 59.6 Å². The van der Waals surface area contributed by atoms with E-state index < -0.39 is 240 Å². The third-order valence-corrected chi connectivity index (χ3v) is 31.5. The molecule has 0 spiro atoms. The summed E-state index contributed by atoms with van der Waals surface area (Å²) in [5.41, 5.74) is 19.4. The van der Waals surface area contributed by atoms with Gasteiger partial charge in [0.25, 0.3) is 46.9 Å². The number of aromatic nitrogens is 15. The molecule has 31 unspecified atom stereocenters. The van der Waals surface area contributed by atoms with Gasteiger partial charge in [0.15, 0.2) is 126 Å². The summed E-state index contributed by atoms with van der Waals surface area (Å²) in [7, 11) is -32.2. The number of fused-ring (bicyclic) bond motifs is 4. The number of Topliss-reactive ketones (excluding diaryl/α,β-unsaturated/α-hetero) is 3. The fraction of sp³-hybridized carbons (Fsp3) is 0.522. The lowest BCUT2D eigenvalue weighted by Gasteiger charge is -2.34. The third kappa shape index (κ3) is 23.5. The van der Waals surface area contributed by atoms with Crippen LogP contribution in [0.3, 0.4) is 0 Å². The number of ketones is 3. The molecule has 58 nitrogen and oxygen atoms in total. The second kappa shape index (κ2) is 41.0. The summed E-state index contributed by atoms with van der Waals surface area (Å²) in [5, 5.41) is 105. The van der Waals surface area contributed by atoms with Crippen molar-refractivity contribution in [1.82, 2.24) is 58.6 Å². The summed E-state index contributed by atoms with van der Waals surface area (Å²) < 4.78 is 163. The Balaban J connectivity index is 0.000000162. The molecule has 31 atom stereocenters. The van der Waals surface area contributed by atoms with Crippen LogP contribution in [0.1, 0.15) is 108 Å². The summed E-state index contributed by atoms with van der Waals surface area (Å²) in [4.78, 5) is 145. The fourth-order valence-electron chi connectivity index (χ4n) is 16.0. The van der Waals surface area contributed by atoms with Crippen LogP contribution in [0.15, 0.2) is 112 Å². The molecule has 9 aromatic heterocycles. The number of hydrogen-bond donors (Lipinski definition) is 13. The molecule has 0 bridgehead atoms. The molecule has 16 N–H and O–H groups in total. The molecule has 7 aliphatic rings.